The van der Waals surface area contributed by atoms with Crippen molar-refractivity contribution in [3.8, 4) is 11.1 Å². The maximum Gasteiger partial charge on any atom is 0.0838 e. The van der Waals surface area contributed by atoms with Gasteiger partial charge in [0.15, 0.2) is 0 Å². The zero-order valence-corrected chi connectivity index (χ0v) is 11.4. The van der Waals surface area contributed by atoms with E-state index in [0.717, 1.165) is 17.7 Å². The van der Waals surface area contributed by atoms with Gasteiger partial charge in [-0.3, -0.25) is 4.68 Å². The van der Waals surface area contributed by atoms with Gasteiger partial charge in [0.25, 0.3) is 0 Å². The Morgan fingerprint density at radius 3 is 2.44 bits per heavy atom. The second kappa shape index (κ2) is 5.36. The average molecular weight is 243 g/mol. The summed E-state index contributed by atoms with van der Waals surface area (Å²) in [5.74, 6) is 0.689. The molecule has 0 aliphatic carbocycles. The van der Waals surface area contributed by atoms with E-state index in [2.05, 4.69) is 43.2 Å². The second-order valence-corrected chi connectivity index (χ2v) is 5.16. The highest BCUT2D eigenvalue weighted by Gasteiger charge is 2.08. The maximum absolute atomic E-state index is 5.72. The number of hydrogen-bond acceptors (Lipinski definition) is 2. The summed E-state index contributed by atoms with van der Waals surface area (Å²) < 4.78 is 1.82. The van der Waals surface area contributed by atoms with Gasteiger partial charge in [-0.25, -0.2) is 0 Å². The van der Waals surface area contributed by atoms with Crippen LogP contribution >= 0.6 is 0 Å². The second-order valence-electron chi connectivity index (χ2n) is 5.16. The van der Waals surface area contributed by atoms with E-state index in [1.807, 2.05) is 17.9 Å². The van der Waals surface area contributed by atoms with Crippen LogP contribution in [0.15, 0.2) is 30.5 Å². The third-order valence-corrected chi connectivity index (χ3v) is 3.01. The lowest BCUT2D eigenvalue weighted by molar-refractivity contribution is 0.647. The Kier molecular flexibility index (Phi) is 3.82. The maximum atomic E-state index is 5.72. The highest BCUT2D eigenvalue weighted by Crippen LogP contribution is 2.23. The molecule has 18 heavy (non-hydrogen) atoms. The first kappa shape index (κ1) is 12.8. The molecule has 0 amide bonds. The van der Waals surface area contributed by atoms with Crippen molar-refractivity contribution in [3.63, 3.8) is 0 Å². The van der Waals surface area contributed by atoms with Crippen LogP contribution in [-0.2, 0) is 20.0 Å². The fourth-order valence-corrected chi connectivity index (χ4v) is 2.22. The molecule has 3 heteroatoms. The van der Waals surface area contributed by atoms with Gasteiger partial charge in [0, 0.05) is 25.4 Å². The quantitative estimate of drug-likeness (QED) is 0.897. The summed E-state index contributed by atoms with van der Waals surface area (Å²) >= 11 is 0. The molecule has 0 fully saturated rings. The Morgan fingerprint density at radius 1 is 1.22 bits per heavy atom. The predicted molar refractivity (Wildman–Crippen MR) is 75.1 cm³/mol. The Morgan fingerprint density at radius 2 is 1.89 bits per heavy atom. The zero-order chi connectivity index (χ0) is 13.1. The van der Waals surface area contributed by atoms with E-state index < -0.39 is 0 Å². The number of hydrogen-bond donors (Lipinski definition) is 1. The molecule has 96 valence electrons. The highest BCUT2D eigenvalue weighted by atomic mass is 15.3. The number of nitrogens with zero attached hydrogens (tertiary/aromatic N) is 2. The molecule has 0 saturated heterocycles. The number of nitrogens with two attached hydrogens (primary N) is 1. The molecule has 1 aromatic carbocycles. The van der Waals surface area contributed by atoms with Gasteiger partial charge in [-0.1, -0.05) is 38.1 Å². The molecule has 2 N–H and O–H groups in total. The van der Waals surface area contributed by atoms with Crippen LogP contribution in [0.4, 0.5) is 0 Å². The number of aromatic nitrogens is 2. The fourth-order valence-electron chi connectivity index (χ4n) is 2.22. The van der Waals surface area contributed by atoms with Crippen LogP contribution in [0.1, 0.15) is 25.1 Å². The SMILES string of the molecule is CC(C)Cc1ccc(-c2cn(C)nc2CN)cc1. The molecule has 2 rings (SSSR count). The van der Waals surface area contributed by atoms with Crippen molar-refractivity contribution in [2.24, 2.45) is 18.7 Å². The minimum atomic E-state index is 0.476. The van der Waals surface area contributed by atoms with E-state index in [1.54, 1.807) is 0 Å². The summed E-state index contributed by atoms with van der Waals surface area (Å²) in [4.78, 5) is 0. The fraction of sp³-hybridized carbons (Fsp3) is 0.400. The van der Waals surface area contributed by atoms with Crippen molar-refractivity contribution in [1.82, 2.24) is 9.78 Å². The lowest BCUT2D eigenvalue weighted by Gasteiger charge is -2.06. The van der Waals surface area contributed by atoms with E-state index in [-0.39, 0.29) is 0 Å². The summed E-state index contributed by atoms with van der Waals surface area (Å²) in [7, 11) is 1.93. The molecule has 0 aliphatic heterocycles. The molecule has 0 unspecified atom stereocenters. The molecule has 2 aromatic rings. The molecule has 0 radical (unpaired) electrons. The lowest BCUT2D eigenvalue weighted by atomic mass is 9.99. The predicted octanol–water partition coefficient (Wildman–Crippen LogP) is 2.74. The average Bonchev–Trinajstić information content (AvgIpc) is 2.71. The van der Waals surface area contributed by atoms with Crippen LogP contribution in [0.3, 0.4) is 0 Å². The highest BCUT2D eigenvalue weighted by molar-refractivity contribution is 5.65. The van der Waals surface area contributed by atoms with Crippen LogP contribution in [0.25, 0.3) is 11.1 Å². The zero-order valence-electron chi connectivity index (χ0n) is 11.4. The smallest absolute Gasteiger partial charge is 0.0838 e. The molecule has 0 bridgehead atoms. The third kappa shape index (κ3) is 2.79. The van der Waals surface area contributed by atoms with Crippen molar-refractivity contribution in [2.75, 3.05) is 0 Å². The first-order valence-electron chi connectivity index (χ1n) is 6.42. The van der Waals surface area contributed by atoms with Gasteiger partial charge in [-0.05, 0) is 23.5 Å². The van der Waals surface area contributed by atoms with Gasteiger partial charge in [-0.2, -0.15) is 5.10 Å². The van der Waals surface area contributed by atoms with E-state index in [4.69, 9.17) is 5.73 Å². The van der Waals surface area contributed by atoms with Crippen molar-refractivity contribution < 1.29 is 0 Å². The molecule has 3 nitrogen and oxygen atoms in total. The van der Waals surface area contributed by atoms with Crippen LogP contribution in [0, 0.1) is 5.92 Å². The molecule has 1 heterocycles. The van der Waals surface area contributed by atoms with Crippen LogP contribution in [0.5, 0.6) is 0 Å². The Bertz CT molecular complexity index is 509. The van der Waals surface area contributed by atoms with Crippen LogP contribution in [-0.4, -0.2) is 9.78 Å². The van der Waals surface area contributed by atoms with Gasteiger partial charge in [0.05, 0.1) is 5.69 Å². The lowest BCUT2D eigenvalue weighted by Crippen LogP contribution is -2.00. The first-order valence-corrected chi connectivity index (χ1v) is 6.42. The summed E-state index contributed by atoms with van der Waals surface area (Å²) in [6.45, 7) is 4.95. The van der Waals surface area contributed by atoms with Crippen LogP contribution < -0.4 is 5.73 Å². The van der Waals surface area contributed by atoms with Crippen LogP contribution in [0.2, 0.25) is 0 Å². The normalized spacial score (nSPS) is 11.2. The van der Waals surface area contributed by atoms with E-state index in [9.17, 15) is 0 Å². The third-order valence-electron chi connectivity index (χ3n) is 3.01. The summed E-state index contributed by atoms with van der Waals surface area (Å²) in [6, 6.07) is 8.72. The molecule has 0 aliphatic rings. The first-order chi connectivity index (χ1) is 8.60. The number of rotatable bonds is 4. The van der Waals surface area contributed by atoms with E-state index in [1.165, 1.54) is 11.1 Å². The number of benzene rings is 1. The summed E-state index contributed by atoms with van der Waals surface area (Å²) in [6.07, 6.45) is 3.15. The largest absolute Gasteiger partial charge is 0.325 e. The van der Waals surface area contributed by atoms with Crippen molar-refractivity contribution in [3.05, 3.63) is 41.7 Å². The van der Waals surface area contributed by atoms with Gasteiger partial charge < -0.3 is 5.73 Å². The minimum Gasteiger partial charge on any atom is -0.325 e. The summed E-state index contributed by atoms with van der Waals surface area (Å²) in [5.41, 5.74) is 10.4. The molecule has 0 atom stereocenters. The molecular formula is C15H21N3. The number of aryl methyl sites for hydroxylation is 1. The standard InChI is InChI=1S/C15H21N3/c1-11(2)8-12-4-6-13(7-5-12)14-10-18(3)17-15(14)9-16/h4-7,10-11H,8-9,16H2,1-3H3. The van der Waals surface area contributed by atoms with Gasteiger partial charge in [-0.15, -0.1) is 0 Å². The topological polar surface area (TPSA) is 43.8 Å². The van der Waals surface area contributed by atoms with E-state index in [0.29, 0.717) is 12.5 Å². The van der Waals surface area contributed by atoms with Crippen molar-refractivity contribution in [2.45, 2.75) is 26.8 Å². The summed E-state index contributed by atoms with van der Waals surface area (Å²) in [5, 5.41) is 4.37. The Hall–Kier alpha value is -1.61. The van der Waals surface area contributed by atoms with Gasteiger partial charge >= 0.3 is 0 Å². The Balaban J connectivity index is 2.28. The van der Waals surface area contributed by atoms with Crippen molar-refractivity contribution >= 4 is 0 Å². The molecule has 1 aromatic heterocycles. The monoisotopic (exact) mass is 243 g/mol. The van der Waals surface area contributed by atoms with E-state index >= 15 is 0 Å². The van der Waals surface area contributed by atoms with Gasteiger partial charge in [0.1, 0.15) is 0 Å². The molecule has 0 saturated carbocycles. The molecular weight excluding hydrogens is 222 g/mol. The van der Waals surface area contributed by atoms with Gasteiger partial charge in [0.2, 0.25) is 0 Å². The van der Waals surface area contributed by atoms with Crippen molar-refractivity contribution in [1.29, 1.82) is 0 Å². The minimum absolute atomic E-state index is 0.476. The Labute approximate surface area is 109 Å². The molecule has 0 spiro atoms.